The number of carboxylic acid groups (broad SMARTS) is 1. The number of hydrogen-bond acceptors (Lipinski definition) is 2. The first-order valence-corrected chi connectivity index (χ1v) is 5.63. The van der Waals surface area contributed by atoms with Crippen LogP contribution in [0.2, 0.25) is 0 Å². The van der Waals surface area contributed by atoms with Crippen LogP contribution in [0.3, 0.4) is 0 Å². The van der Waals surface area contributed by atoms with E-state index in [0.717, 1.165) is 12.1 Å². The summed E-state index contributed by atoms with van der Waals surface area (Å²) in [5.74, 6) is -1.26. The van der Waals surface area contributed by atoms with Crippen LogP contribution in [0.5, 0.6) is 0 Å². The summed E-state index contributed by atoms with van der Waals surface area (Å²) < 4.78 is 37.6. The molecule has 0 aliphatic carbocycles. The smallest absolute Gasteiger partial charge is 0.417 e. The number of urea groups is 1. The van der Waals surface area contributed by atoms with Gasteiger partial charge in [0.15, 0.2) is 0 Å². The SMILES string of the molecule is O=C(O)CNC(=O)Nc1ccc(Br)c(C(F)(F)F)c1. The number of nitrogens with one attached hydrogen (secondary N) is 2. The number of hydrogen-bond donors (Lipinski definition) is 3. The van der Waals surface area contributed by atoms with E-state index in [9.17, 15) is 22.8 Å². The quantitative estimate of drug-likeness (QED) is 0.791. The Kier molecular flexibility index (Phi) is 4.76. The number of rotatable bonds is 3. The Hall–Kier alpha value is -1.77. The van der Waals surface area contributed by atoms with E-state index in [-0.39, 0.29) is 10.2 Å². The molecule has 5 nitrogen and oxygen atoms in total. The van der Waals surface area contributed by atoms with E-state index < -0.39 is 30.3 Å². The van der Waals surface area contributed by atoms with Crippen LogP contribution in [0.4, 0.5) is 23.7 Å². The van der Waals surface area contributed by atoms with Gasteiger partial charge in [0.2, 0.25) is 0 Å². The minimum absolute atomic E-state index is 0.0987. The molecular formula is C10H8BrF3N2O3. The number of carbonyl (C=O) groups excluding carboxylic acids is 1. The fraction of sp³-hybridized carbons (Fsp3) is 0.200. The summed E-state index contributed by atoms with van der Waals surface area (Å²) in [5.41, 5.74) is -1.04. The van der Waals surface area contributed by atoms with Crippen molar-refractivity contribution in [1.82, 2.24) is 5.32 Å². The van der Waals surface area contributed by atoms with E-state index >= 15 is 0 Å². The second-order valence-electron chi connectivity index (χ2n) is 3.39. The Morgan fingerprint density at radius 1 is 1.32 bits per heavy atom. The summed E-state index contributed by atoms with van der Waals surface area (Å²) in [5, 5.41) is 12.4. The maximum Gasteiger partial charge on any atom is 0.417 e. The third-order valence-corrected chi connectivity index (χ3v) is 2.62. The molecule has 2 amide bonds. The second-order valence-corrected chi connectivity index (χ2v) is 4.25. The van der Waals surface area contributed by atoms with Gasteiger partial charge in [-0.2, -0.15) is 13.2 Å². The second kappa shape index (κ2) is 5.91. The highest BCUT2D eigenvalue weighted by Crippen LogP contribution is 2.36. The average Bonchev–Trinajstić information content (AvgIpc) is 2.27. The number of alkyl halides is 3. The lowest BCUT2D eigenvalue weighted by molar-refractivity contribution is -0.138. The van der Waals surface area contributed by atoms with Crippen LogP contribution in [0.1, 0.15) is 5.56 Å². The summed E-state index contributed by atoms with van der Waals surface area (Å²) in [7, 11) is 0. The maximum atomic E-state index is 12.6. The Balaban J connectivity index is 2.80. The van der Waals surface area contributed by atoms with E-state index in [1.807, 2.05) is 5.32 Å². The molecule has 0 saturated carbocycles. The molecule has 0 aliphatic rings. The van der Waals surface area contributed by atoms with Crippen LogP contribution in [0, 0.1) is 0 Å². The molecule has 0 bridgehead atoms. The van der Waals surface area contributed by atoms with Crippen LogP contribution < -0.4 is 10.6 Å². The summed E-state index contributed by atoms with van der Waals surface area (Å²) in [6.45, 7) is -0.630. The molecule has 1 aromatic rings. The van der Waals surface area contributed by atoms with Crippen molar-refractivity contribution >= 4 is 33.6 Å². The van der Waals surface area contributed by atoms with Gasteiger partial charge >= 0.3 is 18.2 Å². The van der Waals surface area contributed by atoms with Crippen molar-refractivity contribution in [2.75, 3.05) is 11.9 Å². The zero-order chi connectivity index (χ0) is 14.6. The van der Waals surface area contributed by atoms with Gasteiger partial charge in [-0.15, -0.1) is 0 Å². The number of benzene rings is 1. The van der Waals surface area contributed by atoms with Crippen molar-refractivity contribution in [3.8, 4) is 0 Å². The van der Waals surface area contributed by atoms with Crippen LogP contribution in [0.15, 0.2) is 22.7 Å². The molecule has 0 saturated heterocycles. The van der Waals surface area contributed by atoms with Crippen LogP contribution in [-0.4, -0.2) is 23.7 Å². The van der Waals surface area contributed by atoms with Crippen LogP contribution in [-0.2, 0) is 11.0 Å². The van der Waals surface area contributed by atoms with Gasteiger partial charge in [0.05, 0.1) is 5.56 Å². The standard InChI is InChI=1S/C10H8BrF3N2O3/c11-7-2-1-5(3-6(7)10(12,13)14)16-9(19)15-4-8(17)18/h1-3H,4H2,(H,17,18)(H2,15,16,19). The number of carbonyl (C=O) groups is 2. The van der Waals surface area contributed by atoms with E-state index in [0.29, 0.717) is 0 Å². The van der Waals surface area contributed by atoms with Crippen molar-refractivity contribution in [2.45, 2.75) is 6.18 Å². The van der Waals surface area contributed by atoms with E-state index in [4.69, 9.17) is 5.11 Å². The van der Waals surface area contributed by atoms with Gasteiger partial charge in [-0.3, -0.25) is 4.79 Å². The zero-order valence-electron chi connectivity index (χ0n) is 9.21. The lowest BCUT2D eigenvalue weighted by atomic mass is 10.2. The molecule has 0 heterocycles. The van der Waals surface area contributed by atoms with Gasteiger partial charge in [0.25, 0.3) is 0 Å². The molecule has 0 spiro atoms. The highest BCUT2D eigenvalue weighted by molar-refractivity contribution is 9.10. The average molecular weight is 341 g/mol. The largest absolute Gasteiger partial charge is 0.480 e. The van der Waals surface area contributed by atoms with Gasteiger partial charge in [0.1, 0.15) is 6.54 Å². The molecule has 19 heavy (non-hydrogen) atoms. The third kappa shape index (κ3) is 4.78. The minimum Gasteiger partial charge on any atom is -0.480 e. The number of aliphatic carboxylic acids is 1. The molecule has 1 rings (SSSR count). The van der Waals surface area contributed by atoms with Gasteiger partial charge in [0, 0.05) is 10.2 Å². The molecular weight excluding hydrogens is 333 g/mol. The normalized spacial score (nSPS) is 10.9. The molecule has 0 aliphatic heterocycles. The predicted octanol–water partition coefficient (Wildman–Crippen LogP) is 2.67. The third-order valence-electron chi connectivity index (χ3n) is 1.93. The highest BCUT2D eigenvalue weighted by atomic mass is 79.9. The first-order valence-electron chi connectivity index (χ1n) is 4.83. The fourth-order valence-corrected chi connectivity index (χ4v) is 1.62. The van der Waals surface area contributed by atoms with Crippen LogP contribution >= 0.6 is 15.9 Å². The lowest BCUT2D eigenvalue weighted by Crippen LogP contribution is -2.33. The zero-order valence-corrected chi connectivity index (χ0v) is 10.8. The molecule has 0 fully saturated rings. The molecule has 0 atom stereocenters. The van der Waals surface area contributed by atoms with Crippen molar-refractivity contribution in [1.29, 1.82) is 0 Å². The highest BCUT2D eigenvalue weighted by Gasteiger charge is 2.33. The molecule has 3 N–H and O–H groups in total. The molecule has 0 unspecified atom stereocenters. The first-order chi connectivity index (χ1) is 8.70. The monoisotopic (exact) mass is 340 g/mol. The predicted molar refractivity (Wildman–Crippen MR) is 63.8 cm³/mol. The molecule has 0 radical (unpaired) electrons. The molecule has 1 aromatic carbocycles. The van der Waals surface area contributed by atoms with E-state index in [1.165, 1.54) is 6.07 Å². The maximum absolute atomic E-state index is 12.6. The van der Waals surface area contributed by atoms with Crippen molar-refractivity contribution in [3.63, 3.8) is 0 Å². The number of halogens is 4. The van der Waals surface area contributed by atoms with Crippen LogP contribution in [0.25, 0.3) is 0 Å². The summed E-state index contributed by atoms with van der Waals surface area (Å²) in [6.07, 6.45) is -4.56. The van der Waals surface area contributed by atoms with Crippen molar-refractivity contribution in [2.24, 2.45) is 0 Å². The number of anilines is 1. The molecule has 0 aromatic heterocycles. The van der Waals surface area contributed by atoms with E-state index in [1.54, 1.807) is 0 Å². The molecule has 9 heteroatoms. The Morgan fingerprint density at radius 3 is 2.47 bits per heavy atom. The summed E-state index contributed by atoms with van der Waals surface area (Å²) in [6, 6.07) is 2.22. The Labute approximate surface area is 113 Å². The summed E-state index contributed by atoms with van der Waals surface area (Å²) >= 11 is 2.76. The van der Waals surface area contributed by atoms with Gasteiger partial charge in [-0.05, 0) is 18.2 Å². The number of carboxylic acids is 1. The minimum atomic E-state index is -4.56. The Bertz CT molecular complexity index is 505. The lowest BCUT2D eigenvalue weighted by Gasteiger charge is -2.12. The van der Waals surface area contributed by atoms with E-state index in [2.05, 4.69) is 21.2 Å². The van der Waals surface area contributed by atoms with Crippen molar-refractivity contribution < 1.29 is 27.9 Å². The topological polar surface area (TPSA) is 78.4 Å². The van der Waals surface area contributed by atoms with Gasteiger partial charge < -0.3 is 15.7 Å². The number of amides is 2. The van der Waals surface area contributed by atoms with Gasteiger partial charge in [-0.1, -0.05) is 15.9 Å². The molecule has 104 valence electrons. The summed E-state index contributed by atoms with van der Waals surface area (Å²) in [4.78, 5) is 21.4. The van der Waals surface area contributed by atoms with Gasteiger partial charge in [-0.25, -0.2) is 4.79 Å². The Morgan fingerprint density at radius 2 is 1.95 bits per heavy atom. The van der Waals surface area contributed by atoms with Crippen molar-refractivity contribution in [3.05, 3.63) is 28.2 Å². The first kappa shape index (κ1) is 15.3. The fourth-order valence-electron chi connectivity index (χ4n) is 1.15.